The zero-order valence-corrected chi connectivity index (χ0v) is 12.3. The van der Waals surface area contributed by atoms with Crippen molar-refractivity contribution in [3.8, 4) is 11.5 Å². The topological polar surface area (TPSA) is 105 Å². The molecule has 0 saturated carbocycles. The number of rotatable bonds is 4. The first-order chi connectivity index (χ1) is 11.2. The molecule has 0 bridgehead atoms. The molecule has 0 saturated heterocycles. The Kier molecular flexibility index (Phi) is 4.09. The number of nitrogens with one attached hydrogen (secondary N) is 1. The SMILES string of the molecule is COC(=O)c1cn(CC(=O)Nc2ccc3c(c2)OCCO3)nn1. The van der Waals surface area contributed by atoms with Crippen LogP contribution in [0.5, 0.6) is 11.5 Å². The standard InChI is InChI=1S/C14H14N4O5/c1-21-14(20)10-7-18(17-16-10)8-13(19)15-9-2-3-11-12(6-9)23-5-4-22-11/h2-3,6-7H,4-5,8H2,1H3,(H,15,19). The van der Waals surface area contributed by atoms with E-state index >= 15 is 0 Å². The predicted octanol–water partition coefficient (Wildman–Crippen LogP) is 0.475. The van der Waals surface area contributed by atoms with Gasteiger partial charge in [0.2, 0.25) is 5.91 Å². The lowest BCUT2D eigenvalue weighted by molar-refractivity contribution is -0.116. The smallest absolute Gasteiger partial charge is 0.360 e. The third kappa shape index (κ3) is 3.39. The van der Waals surface area contributed by atoms with Crippen LogP contribution in [0.2, 0.25) is 0 Å². The zero-order chi connectivity index (χ0) is 16.2. The molecule has 0 radical (unpaired) electrons. The summed E-state index contributed by atoms with van der Waals surface area (Å²) in [6.07, 6.45) is 1.34. The van der Waals surface area contributed by atoms with Gasteiger partial charge in [-0.15, -0.1) is 5.10 Å². The number of nitrogens with zero attached hydrogens (tertiary/aromatic N) is 3. The van der Waals surface area contributed by atoms with Crippen molar-refractivity contribution in [1.29, 1.82) is 0 Å². The van der Waals surface area contributed by atoms with E-state index in [1.54, 1.807) is 18.2 Å². The lowest BCUT2D eigenvalue weighted by Gasteiger charge is -2.18. The molecule has 1 aromatic carbocycles. The molecule has 9 nitrogen and oxygen atoms in total. The highest BCUT2D eigenvalue weighted by Gasteiger charge is 2.14. The Morgan fingerprint density at radius 2 is 2.09 bits per heavy atom. The number of methoxy groups -OCH3 is 1. The van der Waals surface area contributed by atoms with Crippen molar-refractivity contribution in [2.75, 3.05) is 25.6 Å². The van der Waals surface area contributed by atoms with Gasteiger partial charge in [-0.05, 0) is 12.1 Å². The number of amides is 1. The van der Waals surface area contributed by atoms with E-state index in [1.165, 1.54) is 18.0 Å². The number of esters is 1. The number of ether oxygens (including phenoxy) is 3. The van der Waals surface area contributed by atoms with Crippen LogP contribution in [0.15, 0.2) is 24.4 Å². The van der Waals surface area contributed by atoms with Crippen LogP contribution in [-0.2, 0) is 16.1 Å². The molecule has 1 aliphatic rings. The van der Waals surface area contributed by atoms with Crippen LogP contribution in [0.4, 0.5) is 5.69 Å². The van der Waals surface area contributed by atoms with Gasteiger partial charge in [0.15, 0.2) is 17.2 Å². The summed E-state index contributed by atoms with van der Waals surface area (Å²) in [5.41, 5.74) is 0.618. The molecule has 0 atom stereocenters. The normalized spacial score (nSPS) is 12.6. The molecule has 0 spiro atoms. The third-order valence-corrected chi connectivity index (χ3v) is 3.06. The van der Waals surface area contributed by atoms with Crippen LogP contribution < -0.4 is 14.8 Å². The van der Waals surface area contributed by atoms with Gasteiger partial charge < -0.3 is 19.5 Å². The minimum absolute atomic E-state index is 0.0413. The van der Waals surface area contributed by atoms with Gasteiger partial charge in [-0.3, -0.25) is 4.79 Å². The highest BCUT2D eigenvalue weighted by atomic mass is 16.6. The van der Waals surface area contributed by atoms with E-state index in [4.69, 9.17) is 9.47 Å². The summed E-state index contributed by atoms with van der Waals surface area (Å²) < 4.78 is 16.6. The van der Waals surface area contributed by atoms with E-state index in [0.29, 0.717) is 30.4 Å². The van der Waals surface area contributed by atoms with Gasteiger partial charge in [0, 0.05) is 11.8 Å². The monoisotopic (exact) mass is 318 g/mol. The van der Waals surface area contributed by atoms with Crippen LogP contribution in [-0.4, -0.2) is 47.2 Å². The first kappa shape index (κ1) is 14.8. The zero-order valence-electron chi connectivity index (χ0n) is 12.3. The molecule has 2 aromatic rings. The number of fused-ring (bicyclic) bond motifs is 1. The van der Waals surface area contributed by atoms with Gasteiger partial charge in [0.25, 0.3) is 0 Å². The van der Waals surface area contributed by atoms with Crippen molar-refractivity contribution >= 4 is 17.6 Å². The Morgan fingerprint density at radius 1 is 1.30 bits per heavy atom. The molecule has 1 aromatic heterocycles. The summed E-state index contributed by atoms with van der Waals surface area (Å²) in [5.74, 6) is 0.308. The van der Waals surface area contributed by atoms with Crippen LogP contribution in [0.1, 0.15) is 10.5 Å². The average Bonchev–Trinajstić information content (AvgIpc) is 3.02. The molecular weight excluding hydrogens is 304 g/mol. The molecule has 1 N–H and O–H groups in total. The van der Waals surface area contributed by atoms with E-state index < -0.39 is 5.97 Å². The highest BCUT2D eigenvalue weighted by molar-refractivity contribution is 5.91. The number of carbonyl (C=O) groups excluding carboxylic acids is 2. The number of benzene rings is 1. The van der Waals surface area contributed by atoms with Gasteiger partial charge in [0.05, 0.1) is 13.3 Å². The van der Waals surface area contributed by atoms with E-state index in [0.717, 1.165) is 0 Å². The Bertz CT molecular complexity index is 743. The second-order valence-electron chi connectivity index (χ2n) is 4.70. The van der Waals surface area contributed by atoms with Gasteiger partial charge in [0.1, 0.15) is 19.8 Å². The minimum atomic E-state index is -0.608. The highest BCUT2D eigenvalue weighted by Crippen LogP contribution is 2.32. The number of carbonyl (C=O) groups is 2. The van der Waals surface area contributed by atoms with Gasteiger partial charge >= 0.3 is 5.97 Å². The fourth-order valence-electron chi connectivity index (χ4n) is 2.04. The predicted molar refractivity (Wildman–Crippen MR) is 77.4 cm³/mol. The molecule has 23 heavy (non-hydrogen) atoms. The van der Waals surface area contributed by atoms with Crippen molar-refractivity contribution in [2.24, 2.45) is 0 Å². The maximum absolute atomic E-state index is 12.0. The second-order valence-corrected chi connectivity index (χ2v) is 4.70. The van der Waals surface area contributed by atoms with E-state index in [-0.39, 0.29) is 18.1 Å². The molecule has 2 heterocycles. The van der Waals surface area contributed by atoms with Crippen molar-refractivity contribution in [3.05, 3.63) is 30.1 Å². The summed E-state index contributed by atoms with van der Waals surface area (Å²) >= 11 is 0. The van der Waals surface area contributed by atoms with E-state index in [9.17, 15) is 9.59 Å². The Balaban J connectivity index is 1.63. The first-order valence-electron chi connectivity index (χ1n) is 6.83. The Hall–Kier alpha value is -3.10. The van der Waals surface area contributed by atoms with Crippen LogP contribution in [0.3, 0.4) is 0 Å². The summed E-state index contributed by atoms with van der Waals surface area (Å²) in [7, 11) is 1.25. The molecule has 120 valence electrons. The first-order valence-corrected chi connectivity index (χ1v) is 6.83. The molecule has 0 aliphatic carbocycles. The summed E-state index contributed by atoms with van der Waals surface area (Å²) in [6, 6.07) is 5.13. The maximum atomic E-state index is 12.0. The number of anilines is 1. The molecule has 1 aliphatic heterocycles. The van der Waals surface area contributed by atoms with Crippen molar-refractivity contribution < 1.29 is 23.8 Å². The Morgan fingerprint density at radius 3 is 2.87 bits per heavy atom. The van der Waals surface area contributed by atoms with Crippen LogP contribution in [0.25, 0.3) is 0 Å². The quantitative estimate of drug-likeness (QED) is 0.817. The van der Waals surface area contributed by atoms with E-state index in [2.05, 4.69) is 20.4 Å². The fourth-order valence-corrected chi connectivity index (χ4v) is 2.04. The van der Waals surface area contributed by atoms with Crippen molar-refractivity contribution in [1.82, 2.24) is 15.0 Å². The molecule has 0 unspecified atom stereocenters. The van der Waals surface area contributed by atoms with E-state index in [1.807, 2.05) is 0 Å². The summed E-state index contributed by atoms with van der Waals surface area (Å²) in [4.78, 5) is 23.3. The molecule has 1 amide bonds. The fraction of sp³-hybridized carbons (Fsp3) is 0.286. The minimum Gasteiger partial charge on any atom is -0.486 e. The number of hydrogen-bond acceptors (Lipinski definition) is 7. The largest absolute Gasteiger partial charge is 0.486 e. The second kappa shape index (κ2) is 6.34. The van der Waals surface area contributed by atoms with Gasteiger partial charge in [-0.25, -0.2) is 9.48 Å². The summed E-state index contributed by atoms with van der Waals surface area (Å²) in [6.45, 7) is 0.894. The molecule has 9 heteroatoms. The third-order valence-electron chi connectivity index (χ3n) is 3.06. The van der Waals surface area contributed by atoms with Crippen LogP contribution >= 0.6 is 0 Å². The maximum Gasteiger partial charge on any atom is 0.360 e. The number of hydrogen-bond donors (Lipinski definition) is 1. The van der Waals surface area contributed by atoms with Crippen molar-refractivity contribution in [2.45, 2.75) is 6.54 Å². The number of aromatic nitrogens is 3. The van der Waals surface area contributed by atoms with Crippen molar-refractivity contribution in [3.63, 3.8) is 0 Å². The molecule has 3 rings (SSSR count). The lowest BCUT2D eigenvalue weighted by atomic mass is 10.2. The summed E-state index contributed by atoms with van der Waals surface area (Å²) in [5, 5.41) is 10.0. The van der Waals surface area contributed by atoms with Gasteiger partial charge in [-0.1, -0.05) is 5.21 Å². The molecular formula is C14H14N4O5. The van der Waals surface area contributed by atoms with Gasteiger partial charge in [-0.2, -0.15) is 0 Å². The Labute approximate surface area is 131 Å². The molecule has 0 fully saturated rings. The van der Waals surface area contributed by atoms with Crippen LogP contribution in [0, 0.1) is 0 Å². The lowest BCUT2D eigenvalue weighted by Crippen LogP contribution is -2.20. The average molecular weight is 318 g/mol.